The van der Waals surface area contributed by atoms with Gasteiger partial charge in [0.15, 0.2) is 0 Å². The number of nitrogens with zero attached hydrogens (tertiary/aromatic N) is 4. The van der Waals surface area contributed by atoms with Crippen molar-refractivity contribution in [2.75, 3.05) is 38.3 Å². The Labute approximate surface area is 242 Å². The first-order valence-electron chi connectivity index (χ1n) is 13.6. The normalized spacial score (nSPS) is 16.8. The third-order valence-electron chi connectivity index (χ3n) is 6.27. The first-order valence-corrected chi connectivity index (χ1v) is 13.6. The molecule has 2 aliphatic rings. The van der Waals surface area contributed by atoms with Crippen molar-refractivity contribution in [2.24, 2.45) is 0 Å². The molecule has 3 heterocycles. The molecular weight excluding hydrogens is 550 g/mol. The van der Waals surface area contributed by atoms with E-state index < -0.39 is 41.4 Å². The molecule has 0 radical (unpaired) electrons. The molecule has 2 aliphatic heterocycles. The van der Waals surface area contributed by atoms with Crippen LogP contribution in [0.5, 0.6) is 0 Å². The fraction of sp³-hybridized carbons (Fsp3) is 0.519. The molecule has 0 aliphatic carbocycles. The van der Waals surface area contributed by atoms with Gasteiger partial charge in [-0.1, -0.05) is 11.3 Å². The largest absolute Gasteiger partial charge is 0.444 e. The van der Waals surface area contributed by atoms with Crippen LogP contribution in [0.4, 0.5) is 10.5 Å². The summed E-state index contributed by atoms with van der Waals surface area (Å²) < 4.78 is 17.7. The summed E-state index contributed by atoms with van der Waals surface area (Å²) in [4.78, 5) is 62.5. The number of imide groups is 2. The number of carbonyl (C=O) groups is 5. The Balaban J connectivity index is 1.17. The number of hydrogen-bond donors (Lipinski definition) is 3. The SMILES string of the molecule is CC(C)(C)OC(=O)NCCOCCOCCn1cc(CNc2cccc3c2C(=O)N(C2CCC(=O)NC2=O)C3=O)nn1. The molecule has 1 saturated heterocycles. The Bertz CT molecular complexity index is 1340. The maximum Gasteiger partial charge on any atom is 0.407 e. The van der Waals surface area contributed by atoms with Gasteiger partial charge in [0.2, 0.25) is 11.8 Å². The molecule has 5 amide bonds. The Morgan fingerprint density at radius 2 is 1.83 bits per heavy atom. The average Bonchev–Trinajstić information content (AvgIpc) is 3.48. The maximum atomic E-state index is 13.2. The first kappa shape index (κ1) is 30.6. The van der Waals surface area contributed by atoms with Crippen LogP contribution in [0.2, 0.25) is 0 Å². The Kier molecular flexibility index (Phi) is 9.85. The van der Waals surface area contributed by atoms with Gasteiger partial charge < -0.3 is 24.8 Å². The third-order valence-corrected chi connectivity index (χ3v) is 6.27. The van der Waals surface area contributed by atoms with Crippen molar-refractivity contribution in [3.8, 4) is 0 Å². The van der Waals surface area contributed by atoms with Gasteiger partial charge in [0.05, 0.1) is 56.8 Å². The number of hydrogen-bond acceptors (Lipinski definition) is 11. The van der Waals surface area contributed by atoms with Gasteiger partial charge in [-0.25, -0.2) is 9.48 Å². The number of rotatable bonds is 13. The summed E-state index contributed by atoms with van der Waals surface area (Å²) in [5.41, 5.74) is 0.856. The number of aromatic nitrogens is 3. The summed E-state index contributed by atoms with van der Waals surface area (Å²) in [7, 11) is 0. The predicted molar refractivity (Wildman–Crippen MR) is 146 cm³/mol. The van der Waals surface area contributed by atoms with Gasteiger partial charge >= 0.3 is 6.09 Å². The monoisotopic (exact) mass is 585 g/mol. The van der Waals surface area contributed by atoms with E-state index in [1.54, 1.807) is 43.8 Å². The second kappa shape index (κ2) is 13.5. The zero-order valence-electron chi connectivity index (χ0n) is 23.8. The molecule has 3 N–H and O–H groups in total. The van der Waals surface area contributed by atoms with E-state index in [1.807, 2.05) is 0 Å². The maximum absolute atomic E-state index is 13.2. The van der Waals surface area contributed by atoms with Crippen molar-refractivity contribution in [3.05, 3.63) is 41.2 Å². The van der Waals surface area contributed by atoms with Crippen LogP contribution in [0.25, 0.3) is 0 Å². The molecule has 0 bridgehead atoms. The lowest BCUT2D eigenvalue weighted by Gasteiger charge is -2.27. The minimum atomic E-state index is -1.03. The van der Waals surface area contributed by atoms with Crippen LogP contribution in [0.15, 0.2) is 24.4 Å². The highest BCUT2D eigenvalue weighted by Crippen LogP contribution is 2.32. The summed E-state index contributed by atoms with van der Waals surface area (Å²) in [6, 6.07) is 3.83. The van der Waals surface area contributed by atoms with E-state index in [-0.39, 0.29) is 30.5 Å². The number of alkyl carbamates (subject to hydrolysis) is 1. The number of ether oxygens (including phenoxy) is 3. The Morgan fingerprint density at radius 3 is 2.57 bits per heavy atom. The zero-order valence-corrected chi connectivity index (χ0v) is 23.8. The van der Waals surface area contributed by atoms with Crippen LogP contribution >= 0.6 is 0 Å². The summed E-state index contributed by atoms with van der Waals surface area (Å²) in [5.74, 6) is -2.24. The van der Waals surface area contributed by atoms with Crippen molar-refractivity contribution in [2.45, 2.75) is 58.3 Å². The quantitative estimate of drug-likeness (QED) is 0.224. The molecule has 1 aromatic heterocycles. The second-order valence-electron chi connectivity index (χ2n) is 10.7. The highest BCUT2D eigenvalue weighted by molar-refractivity contribution is 6.25. The smallest absolute Gasteiger partial charge is 0.407 e. The van der Waals surface area contributed by atoms with E-state index in [0.717, 1.165) is 4.90 Å². The Morgan fingerprint density at radius 1 is 1.07 bits per heavy atom. The van der Waals surface area contributed by atoms with Crippen molar-refractivity contribution >= 4 is 35.4 Å². The van der Waals surface area contributed by atoms with E-state index in [0.29, 0.717) is 50.9 Å². The number of piperidine rings is 1. The fourth-order valence-electron chi connectivity index (χ4n) is 4.40. The van der Waals surface area contributed by atoms with E-state index in [4.69, 9.17) is 14.2 Å². The molecule has 0 saturated carbocycles. The van der Waals surface area contributed by atoms with E-state index in [2.05, 4.69) is 26.3 Å². The van der Waals surface area contributed by atoms with Gasteiger partial charge in [0, 0.05) is 18.7 Å². The molecule has 15 heteroatoms. The summed E-state index contributed by atoms with van der Waals surface area (Å²) in [6.45, 7) is 7.87. The topological polar surface area (TPSA) is 183 Å². The van der Waals surface area contributed by atoms with E-state index >= 15 is 0 Å². The first-order chi connectivity index (χ1) is 20.0. The van der Waals surface area contributed by atoms with E-state index in [9.17, 15) is 24.0 Å². The van der Waals surface area contributed by atoms with Gasteiger partial charge in [0.25, 0.3) is 11.8 Å². The van der Waals surface area contributed by atoms with Gasteiger partial charge in [-0.05, 0) is 39.3 Å². The molecule has 4 rings (SSSR count). The second-order valence-corrected chi connectivity index (χ2v) is 10.7. The van der Waals surface area contributed by atoms with Crippen LogP contribution in [-0.4, -0.2) is 94.2 Å². The molecule has 0 spiro atoms. The van der Waals surface area contributed by atoms with Crippen molar-refractivity contribution in [1.82, 2.24) is 30.5 Å². The summed E-state index contributed by atoms with van der Waals surface area (Å²) >= 11 is 0. The number of carbonyl (C=O) groups excluding carboxylic acids is 5. The van der Waals surface area contributed by atoms with Gasteiger partial charge in [-0.15, -0.1) is 5.10 Å². The molecule has 2 aromatic rings. The molecule has 1 unspecified atom stereocenters. The molecule has 1 aromatic carbocycles. The minimum Gasteiger partial charge on any atom is -0.444 e. The number of nitrogens with one attached hydrogen (secondary N) is 3. The lowest BCUT2D eigenvalue weighted by atomic mass is 10.0. The Hall–Kier alpha value is -4.37. The number of benzene rings is 1. The van der Waals surface area contributed by atoms with Crippen LogP contribution in [0, 0.1) is 0 Å². The molecule has 226 valence electrons. The average molecular weight is 586 g/mol. The van der Waals surface area contributed by atoms with Crippen molar-refractivity contribution < 1.29 is 38.2 Å². The number of fused-ring (bicyclic) bond motifs is 1. The van der Waals surface area contributed by atoms with Crippen LogP contribution in [0.3, 0.4) is 0 Å². The standard InChI is InChI=1S/C27H35N7O8/c1-27(2,3)42-26(39)28-9-11-40-13-14-41-12-10-33-16-17(31-32-33)15-29-19-6-4-5-18-22(19)25(38)34(24(18)37)20-7-8-21(35)30-23(20)36/h4-6,16,20,29H,7-15H2,1-3H3,(H,28,39)(H,30,35,36). The summed E-state index contributed by atoms with van der Waals surface area (Å²) in [5, 5.41) is 16.1. The van der Waals surface area contributed by atoms with Crippen LogP contribution < -0.4 is 16.0 Å². The number of anilines is 1. The van der Waals surface area contributed by atoms with E-state index in [1.165, 1.54) is 6.07 Å². The fourth-order valence-corrected chi connectivity index (χ4v) is 4.40. The number of amides is 5. The van der Waals surface area contributed by atoms with Crippen LogP contribution in [-0.2, 0) is 36.9 Å². The van der Waals surface area contributed by atoms with Crippen molar-refractivity contribution in [1.29, 1.82) is 0 Å². The lowest BCUT2D eigenvalue weighted by molar-refractivity contribution is -0.136. The predicted octanol–water partition coefficient (Wildman–Crippen LogP) is 0.849. The van der Waals surface area contributed by atoms with Crippen molar-refractivity contribution in [3.63, 3.8) is 0 Å². The zero-order chi connectivity index (χ0) is 30.3. The van der Waals surface area contributed by atoms with Gasteiger partial charge in [-0.3, -0.25) is 29.4 Å². The minimum absolute atomic E-state index is 0.0541. The van der Waals surface area contributed by atoms with Gasteiger partial charge in [0.1, 0.15) is 17.3 Å². The highest BCUT2D eigenvalue weighted by Gasteiger charge is 2.45. The summed E-state index contributed by atoms with van der Waals surface area (Å²) in [6.07, 6.45) is 1.39. The lowest BCUT2D eigenvalue weighted by Crippen LogP contribution is -2.54. The molecule has 42 heavy (non-hydrogen) atoms. The molecular formula is C27H35N7O8. The molecule has 15 nitrogen and oxygen atoms in total. The van der Waals surface area contributed by atoms with Crippen LogP contribution in [0.1, 0.15) is 60.0 Å². The van der Waals surface area contributed by atoms with Gasteiger partial charge in [-0.2, -0.15) is 0 Å². The highest BCUT2D eigenvalue weighted by atomic mass is 16.6. The molecule has 1 fully saturated rings. The molecule has 1 atom stereocenters. The third kappa shape index (κ3) is 7.88.